The van der Waals surface area contributed by atoms with Crippen molar-refractivity contribution in [2.45, 2.75) is 10.1 Å². The van der Waals surface area contributed by atoms with Gasteiger partial charge in [0.15, 0.2) is 5.58 Å². The topological polar surface area (TPSA) is 52.0 Å². The third-order valence-corrected chi connectivity index (χ3v) is 3.41. The van der Waals surface area contributed by atoms with Crippen molar-refractivity contribution >= 4 is 28.5 Å². The second kappa shape index (κ2) is 4.34. The Kier molecular flexibility index (Phi) is 2.68. The summed E-state index contributed by atoms with van der Waals surface area (Å²) < 4.78 is 18.8. The number of hydrogen-bond donors (Lipinski definition) is 1. The zero-order valence-corrected chi connectivity index (χ0v) is 10.1. The number of anilines is 1. The highest BCUT2D eigenvalue weighted by Gasteiger charge is 2.11. The Balaban J connectivity index is 1.99. The van der Waals surface area contributed by atoms with Gasteiger partial charge in [-0.05, 0) is 36.0 Å². The van der Waals surface area contributed by atoms with Crippen LogP contribution >= 0.6 is 11.8 Å². The maximum Gasteiger partial charge on any atom is 0.261 e. The molecule has 0 saturated carbocycles. The van der Waals surface area contributed by atoms with Crippen LogP contribution in [-0.2, 0) is 0 Å². The zero-order valence-electron chi connectivity index (χ0n) is 9.26. The average molecular weight is 260 g/mol. The Morgan fingerprint density at radius 1 is 1.11 bits per heavy atom. The van der Waals surface area contributed by atoms with Gasteiger partial charge in [0.05, 0.1) is 5.69 Å². The standard InChI is InChI=1S/C13H9FN2OS/c14-8-4-3-7-11(12(8)15)18-13-16-9-5-1-2-6-10(9)17-13/h1-7H,15H2. The summed E-state index contributed by atoms with van der Waals surface area (Å²) in [6.45, 7) is 0. The summed E-state index contributed by atoms with van der Waals surface area (Å²) in [4.78, 5) is 4.90. The molecule has 3 rings (SSSR count). The number of rotatable bonds is 2. The summed E-state index contributed by atoms with van der Waals surface area (Å²) in [5.74, 6) is -0.434. The molecule has 2 aromatic carbocycles. The number of nitrogens with two attached hydrogens (primary N) is 1. The number of fused-ring (bicyclic) bond motifs is 1. The van der Waals surface area contributed by atoms with Gasteiger partial charge in [0.1, 0.15) is 11.3 Å². The number of oxazole rings is 1. The monoisotopic (exact) mass is 260 g/mol. The van der Waals surface area contributed by atoms with Crippen molar-refractivity contribution in [3.63, 3.8) is 0 Å². The second-order valence-corrected chi connectivity index (χ2v) is 4.69. The van der Waals surface area contributed by atoms with E-state index in [9.17, 15) is 4.39 Å². The Morgan fingerprint density at radius 3 is 2.78 bits per heavy atom. The quantitative estimate of drug-likeness (QED) is 0.714. The van der Waals surface area contributed by atoms with Crippen LogP contribution in [0.5, 0.6) is 0 Å². The zero-order chi connectivity index (χ0) is 12.5. The van der Waals surface area contributed by atoms with Gasteiger partial charge in [-0.15, -0.1) is 0 Å². The normalized spacial score (nSPS) is 10.9. The second-order valence-electron chi connectivity index (χ2n) is 3.70. The number of halogens is 1. The number of hydrogen-bond acceptors (Lipinski definition) is 4. The molecule has 0 fully saturated rings. The van der Waals surface area contributed by atoms with Crippen LogP contribution in [0, 0.1) is 5.82 Å². The molecule has 0 amide bonds. The van der Waals surface area contributed by atoms with Crippen LogP contribution in [-0.4, -0.2) is 4.98 Å². The first-order valence-corrected chi connectivity index (χ1v) is 6.13. The van der Waals surface area contributed by atoms with Crippen molar-refractivity contribution in [3.05, 3.63) is 48.3 Å². The Bertz CT molecular complexity index is 678. The molecule has 0 aliphatic rings. The van der Waals surface area contributed by atoms with Crippen molar-refractivity contribution < 1.29 is 8.81 Å². The van der Waals surface area contributed by atoms with Crippen LogP contribution in [0.4, 0.5) is 10.1 Å². The lowest BCUT2D eigenvalue weighted by molar-refractivity contribution is 0.489. The van der Waals surface area contributed by atoms with Crippen LogP contribution in [0.15, 0.2) is 57.0 Å². The Labute approximate surface area is 107 Å². The molecular weight excluding hydrogens is 251 g/mol. The number of benzene rings is 2. The first-order chi connectivity index (χ1) is 8.74. The number of para-hydroxylation sites is 3. The molecular formula is C13H9FN2OS. The predicted molar refractivity (Wildman–Crippen MR) is 68.9 cm³/mol. The molecule has 3 aromatic rings. The molecule has 0 saturated heterocycles. The minimum atomic E-state index is -0.434. The molecule has 1 aromatic heterocycles. The minimum Gasteiger partial charge on any atom is -0.431 e. The first kappa shape index (κ1) is 11.1. The van der Waals surface area contributed by atoms with Gasteiger partial charge >= 0.3 is 0 Å². The summed E-state index contributed by atoms with van der Waals surface area (Å²) in [5, 5.41) is 0.452. The number of aromatic nitrogens is 1. The predicted octanol–water partition coefficient (Wildman–Crippen LogP) is 3.70. The highest BCUT2D eigenvalue weighted by molar-refractivity contribution is 7.99. The van der Waals surface area contributed by atoms with Gasteiger partial charge in [-0.3, -0.25) is 0 Å². The molecule has 3 nitrogen and oxygen atoms in total. The summed E-state index contributed by atoms with van der Waals surface area (Å²) >= 11 is 1.21. The molecule has 0 aliphatic heterocycles. The van der Waals surface area contributed by atoms with Gasteiger partial charge in [0.2, 0.25) is 0 Å². The first-order valence-electron chi connectivity index (χ1n) is 5.31. The maximum absolute atomic E-state index is 13.3. The van der Waals surface area contributed by atoms with Crippen LogP contribution in [0.3, 0.4) is 0 Å². The van der Waals surface area contributed by atoms with Crippen LogP contribution in [0.25, 0.3) is 11.1 Å². The van der Waals surface area contributed by atoms with E-state index in [4.69, 9.17) is 10.2 Å². The van der Waals surface area contributed by atoms with E-state index in [0.717, 1.165) is 5.52 Å². The Hall–Kier alpha value is -2.01. The van der Waals surface area contributed by atoms with Crippen LogP contribution in [0.2, 0.25) is 0 Å². The molecule has 18 heavy (non-hydrogen) atoms. The molecule has 90 valence electrons. The number of nitrogen functional groups attached to an aromatic ring is 1. The molecule has 0 bridgehead atoms. The van der Waals surface area contributed by atoms with E-state index in [1.807, 2.05) is 24.3 Å². The van der Waals surface area contributed by atoms with E-state index < -0.39 is 5.82 Å². The average Bonchev–Trinajstić information content (AvgIpc) is 2.77. The highest BCUT2D eigenvalue weighted by Crippen LogP contribution is 2.34. The molecule has 2 N–H and O–H groups in total. The fourth-order valence-corrected chi connectivity index (χ4v) is 2.41. The smallest absolute Gasteiger partial charge is 0.261 e. The maximum atomic E-state index is 13.3. The van der Waals surface area contributed by atoms with E-state index in [2.05, 4.69) is 4.98 Å². The number of nitrogens with zero attached hydrogens (tertiary/aromatic N) is 1. The minimum absolute atomic E-state index is 0.116. The van der Waals surface area contributed by atoms with Crippen molar-refractivity contribution in [1.29, 1.82) is 0 Å². The van der Waals surface area contributed by atoms with E-state index >= 15 is 0 Å². The summed E-state index contributed by atoms with van der Waals surface area (Å²) in [6.07, 6.45) is 0. The summed E-state index contributed by atoms with van der Waals surface area (Å²) in [6, 6.07) is 12.1. The fourth-order valence-electron chi connectivity index (χ4n) is 1.60. The lowest BCUT2D eigenvalue weighted by Crippen LogP contribution is -1.92. The van der Waals surface area contributed by atoms with E-state index in [1.54, 1.807) is 12.1 Å². The van der Waals surface area contributed by atoms with Crippen molar-refractivity contribution in [2.75, 3.05) is 5.73 Å². The molecule has 0 radical (unpaired) electrons. The van der Waals surface area contributed by atoms with Gasteiger partial charge in [-0.2, -0.15) is 0 Å². The largest absolute Gasteiger partial charge is 0.431 e. The highest BCUT2D eigenvalue weighted by atomic mass is 32.2. The van der Waals surface area contributed by atoms with Crippen LogP contribution in [0.1, 0.15) is 0 Å². The van der Waals surface area contributed by atoms with Gasteiger partial charge in [-0.25, -0.2) is 9.37 Å². The molecule has 0 unspecified atom stereocenters. The van der Waals surface area contributed by atoms with Gasteiger partial charge < -0.3 is 10.2 Å². The molecule has 0 spiro atoms. The SMILES string of the molecule is Nc1c(F)cccc1Sc1nc2ccccc2o1. The van der Waals surface area contributed by atoms with Crippen molar-refractivity contribution in [1.82, 2.24) is 4.98 Å². The lowest BCUT2D eigenvalue weighted by atomic mass is 10.3. The van der Waals surface area contributed by atoms with E-state index in [-0.39, 0.29) is 5.69 Å². The van der Waals surface area contributed by atoms with Gasteiger partial charge in [0, 0.05) is 4.90 Å². The molecule has 0 aliphatic carbocycles. The molecule has 1 heterocycles. The summed E-state index contributed by atoms with van der Waals surface area (Å²) in [5.41, 5.74) is 7.25. The van der Waals surface area contributed by atoms with Crippen LogP contribution < -0.4 is 5.73 Å². The fraction of sp³-hybridized carbons (Fsp3) is 0. The molecule has 0 atom stereocenters. The third-order valence-electron chi connectivity index (χ3n) is 2.48. The lowest BCUT2D eigenvalue weighted by Gasteiger charge is -2.02. The van der Waals surface area contributed by atoms with Gasteiger partial charge in [0.25, 0.3) is 5.22 Å². The van der Waals surface area contributed by atoms with Crippen molar-refractivity contribution in [2.24, 2.45) is 0 Å². The van der Waals surface area contributed by atoms with Crippen molar-refractivity contribution in [3.8, 4) is 0 Å². The summed E-state index contributed by atoms with van der Waals surface area (Å²) in [7, 11) is 0. The van der Waals surface area contributed by atoms with E-state index in [1.165, 1.54) is 17.8 Å². The van der Waals surface area contributed by atoms with Gasteiger partial charge in [-0.1, -0.05) is 18.2 Å². The molecule has 5 heteroatoms. The Morgan fingerprint density at radius 2 is 1.94 bits per heavy atom. The van der Waals surface area contributed by atoms with E-state index in [0.29, 0.717) is 15.7 Å². The third kappa shape index (κ3) is 1.93.